The summed E-state index contributed by atoms with van der Waals surface area (Å²) in [4.78, 5) is 24.1. The molecule has 1 amide bonds. The summed E-state index contributed by atoms with van der Waals surface area (Å²) in [6, 6.07) is 7.14. The normalized spacial score (nSPS) is 14.1. The fourth-order valence-corrected chi connectivity index (χ4v) is 2.53. The van der Waals surface area contributed by atoms with Gasteiger partial charge in [0.15, 0.2) is 0 Å². The fraction of sp³-hybridized carbons (Fsp3) is 0.600. The van der Waals surface area contributed by atoms with Crippen molar-refractivity contribution in [2.45, 2.75) is 65.0 Å². The molecule has 0 heterocycles. The van der Waals surface area contributed by atoms with E-state index < -0.39 is 24.0 Å². The molecular weight excluding hydrogens is 318 g/mol. The number of aliphatic hydroxyl groups is 1. The molecule has 5 nitrogen and oxygen atoms in total. The molecule has 2 N–H and O–H groups in total. The van der Waals surface area contributed by atoms with E-state index in [0.717, 1.165) is 5.56 Å². The van der Waals surface area contributed by atoms with Crippen molar-refractivity contribution in [1.82, 2.24) is 5.32 Å². The van der Waals surface area contributed by atoms with Crippen LogP contribution in [-0.2, 0) is 26.2 Å². The van der Waals surface area contributed by atoms with Crippen molar-refractivity contribution in [3.63, 3.8) is 0 Å². The van der Waals surface area contributed by atoms with Gasteiger partial charge in [0.2, 0.25) is 5.91 Å². The van der Waals surface area contributed by atoms with E-state index in [9.17, 15) is 14.7 Å². The first-order valence-corrected chi connectivity index (χ1v) is 8.70. The van der Waals surface area contributed by atoms with Crippen LogP contribution in [0.1, 0.15) is 52.2 Å². The Balaban J connectivity index is 2.83. The second-order valence-corrected chi connectivity index (χ2v) is 7.88. The van der Waals surface area contributed by atoms with Gasteiger partial charge in [0, 0.05) is 6.42 Å². The monoisotopic (exact) mass is 349 g/mol. The van der Waals surface area contributed by atoms with Crippen LogP contribution in [0.2, 0.25) is 0 Å². The molecule has 0 aromatic heterocycles. The van der Waals surface area contributed by atoms with E-state index in [4.69, 9.17) is 4.74 Å². The van der Waals surface area contributed by atoms with E-state index in [1.165, 1.54) is 12.7 Å². The lowest BCUT2D eigenvalue weighted by molar-refractivity contribution is -0.146. The summed E-state index contributed by atoms with van der Waals surface area (Å²) >= 11 is 0. The van der Waals surface area contributed by atoms with E-state index in [1.807, 2.05) is 38.1 Å². The zero-order chi connectivity index (χ0) is 19.2. The third-order valence-corrected chi connectivity index (χ3v) is 4.06. The second-order valence-electron chi connectivity index (χ2n) is 7.88. The quantitative estimate of drug-likeness (QED) is 0.742. The van der Waals surface area contributed by atoms with E-state index in [0.29, 0.717) is 12.8 Å². The van der Waals surface area contributed by atoms with E-state index >= 15 is 0 Å². The first kappa shape index (κ1) is 21.2. The van der Waals surface area contributed by atoms with Gasteiger partial charge in [-0.05, 0) is 28.9 Å². The fourth-order valence-electron chi connectivity index (χ4n) is 2.53. The van der Waals surface area contributed by atoms with E-state index in [-0.39, 0.29) is 11.3 Å². The Hall–Kier alpha value is -1.88. The van der Waals surface area contributed by atoms with Gasteiger partial charge in [-0.2, -0.15) is 0 Å². The minimum Gasteiger partial charge on any atom is -0.467 e. The number of nitrogens with one attached hydrogen (secondary N) is 1. The molecule has 5 heteroatoms. The van der Waals surface area contributed by atoms with Crippen LogP contribution >= 0.6 is 0 Å². The molecule has 0 saturated carbocycles. The minimum absolute atomic E-state index is 0.0510. The van der Waals surface area contributed by atoms with Crippen molar-refractivity contribution in [1.29, 1.82) is 0 Å². The third-order valence-electron chi connectivity index (χ3n) is 4.06. The number of esters is 1. The first-order valence-electron chi connectivity index (χ1n) is 8.70. The highest BCUT2D eigenvalue weighted by Gasteiger charge is 2.26. The molecule has 1 aromatic rings. The molecule has 0 aliphatic carbocycles. The Morgan fingerprint density at radius 3 is 2.16 bits per heavy atom. The van der Waals surface area contributed by atoms with Crippen LogP contribution in [-0.4, -0.2) is 36.2 Å². The van der Waals surface area contributed by atoms with Gasteiger partial charge in [-0.3, -0.25) is 4.79 Å². The highest BCUT2D eigenvalue weighted by Crippen LogP contribution is 2.22. The van der Waals surface area contributed by atoms with Gasteiger partial charge in [0.1, 0.15) is 12.1 Å². The van der Waals surface area contributed by atoms with Crippen molar-refractivity contribution in [2.24, 2.45) is 5.92 Å². The smallest absolute Gasteiger partial charge is 0.328 e. The molecule has 25 heavy (non-hydrogen) atoms. The maximum Gasteiger partial charge on any atom is 0.328 e. The van der Waals surface area contributed by atoms with Crippen molar-refractivity contribution < 1.29 is 19.4 Å². The van der Waals surface area contributed by atoms with Crippen molar-refractivity contribution in [3.05, 3.63) is 35.4 Å². The Morgan fingerprint density at radius 1 is 1.16 bits per heavy atom. The summed E-state index contributed by atoms with van der Waals surface area (Å²) in [6.07, 6.45) is -0.465. The van der Waals surface area contributed by atoms with Crippen LogP contribution in [0.25, 0.3) is 0 Å². The number of hydrogen-bond acceptors (Lipinski definition) is 4. The molecule has 0 aliphatic rings. The maximum atomic E-state index is 12.1. The molecule has 0 saturated heterocycles. The number of rotatable bonds is 7. The van der Waals surface area contributed by atoms with Gasteiger partial charge < -0.3 is 15.2 Å². The van der Waals surface area contributed by atoms with Gasteiger partial charge in [0.05, 0.1) is 7.11 Å². The minimum atomic E-state index is -1.13. The van der Waals surface area contributed by atoms with Gasteiger partial charge in [-0.1, -0.05) is 58.9 Å². The van der Waals surface area contributed by atoms with E-state index in [2.05, 4.69) is 26.1 Å². The Morgan fingerprint density at radius 2 is 1.72 bits per heavy atom. The lowest BCUT2D eigenvalue weighted by Crippen LogP contribution is -2.47. The summed E-state index contributed by atoms with van der Waals surface area (Å²) in [5.74, 6) is -0.886. The molecule has 0 spiro atoms. The van der Waals surface area contributed by atoms with Gasteiger partial charge in [-0.25, -0.2) is 4.79 Å². The highest BCUT2D eigenvalue weighted by atomic mass is 16.5. The maximum absolute atomic E-state index is 12.1. The van der Waals surface area contributed by atoms with Gasteiger partial charge in [-0.15, -0.1) is 0 Å². The lowest BCUT2D eigenvalue weighted by atomic mass is 9.86. The summed E-state index contributed by atoms with van der Waals surface area (Å²) in [7, 11) is 1.29. The van der Waals surface area contributed by atoms with Crippen molar-refractivity contribution in [2.75, 3.05) is 7.11 Å². The topological polar surface area (TPSA) is 75.6 Å². The standard InChI is InChI=1S/C20H31NO4/c1-13(2)11-17(22)18(23)21-16(19(24)25-6)12-14-7-9-15(10-8-14)20(3,4)5/h7-10,13,16-17,22H,11-12H2,1-6H3,(H,21,23)/t16-,17-/m0/s1. The number of aliphatic hydroxyl groups excluding tert-OH is 1. The molecule has 1 rings (SSSR count). The Bertz CT molecular complexity index is 572. The molecule has 0 unspecified atom stereocenters. The molecule has 0 fully saturated rings. The van der Waals surface area contributed by atoms with Crippen molar-refractivity contribution in [3.8, 4) is 0 Å². The number of benzene rings is 1. The predicted octanol–water partition coefficient (Wildman–Crippen LogP) is 2.59. The SMILES string of the molecule is COC(=O)[C@H](Cc1ccc(C(C)(C)C)cc1)NC(=O)[C@@H](O)CC(C)C. The Labute approximate surface area is 150 Å². The van der Waals surface area contributed by atoms with Crippen LogP contribution in [0.4, 0.5) is 0 Å². The lowest BCUT2D eigenvalue weighted by Gasteiger charge is -2.21. The van der Waals surface area contributed by atoms with Crippen LogP contribution in [0.5, 0.6) is 0 Å². The average Bonchev–Trinajstić information content (AvgIpc) is 2.52. The van der Waals surface area contributed by atoms with Crippen LogP contribution in [0, 0.1) is 5.92 Å². The summed E-state index contributed by atoms with van der Waals surface area (Å²) in [6.45, 7) is 10.2. The largest absolute Gasteiger partial charge is 0.467 e. The number of carbonyl (C=O) groups is 2. The second kappa shape index (κ2) is 8.99. The summed E-state index contributed by atoms with van der Waals surface area (Å²) in [5, 5.41) is 12.5. The summed E-state index contributed by atoms with van der Waals surface area (Å²) in [5.41, 5.74) is 2.17. The average molecular weight is 349 g/mol. The van der Waals surface area contributed by atoms with Crippen LogP contribution in [0.15, 0.2) is 24.3 Å². The molecule has 0 bridgehead atoms. The van der Waals surface area contributed by atoms with Crippen molar-refractivity contribution >= 4 is 11.9 Å². The molecular formula is C20H31NO4. The number of hydrogen-bond donors (Lipinski definition) is 2. The number of amides is 1. The summed E-state index contributed by atoms with van der Waals surface area (Å²) < 4.78 is 4.79. The molecule has 0 aliphatic heterocycles. The first-order chi connectivity index (χ1) is 11.5. The predicted molar refractivity (Wildman–Crippen MR) is 98.3 cm³/mol. The van der Waals surface area contributed by atoms with Gasteiger partial charge >= 0.3 is 5.97 Å². The zero-order valence-electron chi connectivity index (χ0n) is 16.1. The van der Waals surface area contributed by atoms with Gasteiger partial charge in [0.25, 0.3) is 0 Å². The highest BCUT2D eigenvalue weighted by molar-refractivity contribution is 5.87. The van der Waals surface area contributed by atoms with E-state index in [1.54, 1.807) is 0 Å². The number of methoxy groups -OCH3 is 1. The number of carbonyl (C=O) groups excluding carboxylic acids is 2. The zero-order valence-corrected chi connectivity index (χ0v) is 16.1. The molecule has 140 valence electrons. The molecule has 2 atom stereocenters. The number of ether oxygens (including phenoxy) is 1. The molecule has 0 radical (unpaired) electrons. The third kappa shape index (κ3) is 6.86. The van der Waals surface area contributed by atoms with Crippen LogP contribution in [0.3, 0.4) is 0 Å². The van der Waals surface area contributed by atoms with Crippen LogP contribution < -0.4 is 5.32 Å². The molecule has 1 aromatic carbocycles. The Kier molecular flexibility index (Phi) is 7.61.